The van der Waals surface area contributed by atoms with Crippen LogP contribution >= 0.6 is 0 Å². The number of rotatable bonds is 3. The van der Waals surface area contributed by atoms with Gasteiger partial charge < -0.3 is 15.8 Å². The molecule has 1 saturated heterocycles. The van der Waals surface area contributed by atoms with Crippen LogP contribution in [0.3, 0.4) is 0 Å². The van der Waals surface area contributed by atoms with Crippen LogP contribution in [0.2, 0.25) is 0 Å². The van der Waals surface area contributed by atoms with Crippen LogP contribution in [0.4, 0.5) is 5.69 Å². The second kappa shape index (κ2) is 6.13. The SMILES string of the molecule is Cc1ccc(N2CCN(C(C)C)CC2)c(/C(N)=N/O)c1. The molecule has 0 bridgehead atoms. The first-order valence-corrected chi connectivity index (χ1v) is 7.10. The predicted molar refractivity (Wildman–Crippen MR) is 82.6 cm³/mol. The van der Waals surface area contributed by atoms with E-state index in [9.17, 15) is 0 Å². The van der Waals surface area contributed by atoms with Gasteiger partial charge in [-0.25, -0.2) is 0 Å². The number of amidine groups is 1. The van der Waals surface area contributed by atoms with E-state index in [-0.39, 0.29) is 5.84 Å². The van der Waals surface area contributed by atoms with Gasteiger partial charge in [-0.1, -0.05) is 16.8 Å². The third-order valence-electron chi connectivity index (χ3n) is 3.92. The molecule has 5 nitrogen and oxygen atoms in total. The average Bonchev–Trinajstić information content (AvgIpc) is 2.46. The van der Waals surface area contributed by atoms with Gasteiger partial charge in [0.1, 0.15) is 0 Å². The molecule has 0 radical (unpaired) electrons. The van der Waals surface area contributed by atoms with Crippen molar-refractivity contribution in [2.24, 2.45) is 10.9 Å². The summed E-state index contributed by atoms with van der Waals surface area (Å²) in [7, 11) is 0. The summed E-state index contributed by atoms with van der Waals surface area (Å²) in [5.41, 5.74) is 8.78. The van der Waals surface area contributed by atoms with E-state index < -0.39 is 0 Å². The van der Waals surface area contributed by atoms with Gasteiger partial charge >= 0.3 is 0 Å². The summed E-state index contributed by atoms with van der Waals surface area (Å²) in [5, 5.41) is 12.1. The Morgan fingerprint density at radius 2 is 1.90 bits per heavy atom. The van der Waals surface area contributed by atoms with E-state index >= 15 is 0 Å². The smallest absolute Gasteiger partial charge is 0.172 e. The van der Waals surface area contributed by atoms with Crippen molar-refractivity contribution in [1.29, 1.82) is 0 Å². The van der Waals surface area contributed by atoms with Crippen LogP contribution in [0.25, 0.3) is 0 Å². The second-order valence-corrected chi connectivity index (χ2v) is 5.62. The number of benzene rings is 1. The minimum atomic E-state index is 0.176. The molecule has 110 valence electrons. The fraction of sp³-hybridized carbons (Fsp3) is 0.533. The maximum absolute atomic E-state index is 8.95. The fourth-order valence-corrected chi connectivity index (χ4v) is 2.66. The molecule has 5 heteroatoms. The van der Waals surface area contributed by atoms with Crippen LogP contribution in [-0.4, -0.2) is 48.2 Å². The Labute approximate surface area is 120 Å². The molecule has 1 aromatic rings. The maximum Gasteiger partial charge on any atom is 0.172 e. The average molecular weight is 276 g/mol. The Morgan fingerprint density at radius 3 is 2.45 bits per heavy atom. The Morgan fingerprint density at radius 1 is 1.25 bits per heavy atom. The van der Waals surface area contributed by atoms with Crippen LogP contribution in [-0.2, 0) is 0 Å². The van der Waals surface area contributed by atoms with Gasteiger partial charge in [-0.2, -0.15) is 0 Å². The number of piperazine rings is 1. The van der Waals surface area contributed by atoms with E-state index in [0.29, 0.717) is 6.04 Å². The molecule has 0 aliphatic carbocycles. The zero-order chi connectivity index (χ0) is 14.7. The van der Waals surface area contributed by atoms with Crippen molar-refractivity contribution < 1.29 is 5.21 Å². The van der Waals surface area contributed by atoms with Gasteiger partial charge in [-0.3, -0.25) is 4.90 Å². The van der Waals surface area contributed by atoms with Crippen molar-refractivity contribution in [3.63, 3.8) is 0 Å². The van der Waals surface area contributed by atoms with Crippen LogP contribution in [0.1, 0.15) is 25.0 Å². The minimum absolute atomic E-state index is 0.176. The number of hydrogen-bond acceptors (Lipinski definition) is 4. The van der Waals surface area contributed by atoms with Gasteiger partial charge in [0.2, 0.25) is 0 Å². The summed E-state index contributed by atoms with van der Waals surface area (Å²) in [6.07, 6.45) is 0. The molecule has 0 saturated carbocycles. The summed E-state index contributed by atoms with van der Waals surface area (Å²) < 4.78 is 0. The molecule has 1 aromatic carbocycles. The van der Waals surface area contributed by atoms with Gasteiger partial charge in [0, 0.05) is 43.5 Å². The highest BCUT2D eigenvalue weighted by atomic mass is 16.4. The quantitative estimate of drug-likeness (QED) is 0.381. The molecule has 0 aromatic heterocycles. The summed E-state index contributed by atoms with van der Waals surface area (Å²) >= 11 is 0. The van der Waals surface area contributed by atoms with Gasteiger partial charge in [-0.15, -0.1) is 0 Å². The second-order valence-electron chi connectivity index (χ2n) is 5.62. The number of oxime groups is 1. The molecule has 1 fully saturated rings. The fourth-order valence-electron chi connectivity index (χ4n) is 2.66. The molecule has 0 unspecified atom stereocenters. The predicted octanol–water partition coefficient (Wildman–Crippen LogP) is 1.62. The first-order valence-electron chi connectivity index (χ1n) is 7.10. The summed E-state index contributed by atoms with van der Waals surface area (Å²) in [5.74, 6) is 0.176. The van der Waals surface area contributed by atoms with Crippen molar-refractivity contribution in [1.82, 2.24) is 4.90 Å². The number of hydrogen-bond donors (Lipinski definition) is 2. The zero-order valence-corrected chi connectivity index (χ0v) is 12.5. The van der Waals surface area contributed by atoms with Crippen molar-refractivity contribution in [2.75, 3.05) is 31.1 Å². The zero-order valence-electron chi connectivity index (χ0n) is 12.5. The Balaban J connectivity index is 2.22. The molecule has 0 spiro atoms. The van der Waals surface area contributed by atoms with Crippen molar-refractivity contribution in [3.05, 3.63) is 29.3 Å². The van der Waals surface area contributed by atoms with Gasteiger partial charge in [-0.05, 0) is 32.9 Å². The van der Waals surface area contributed by atoms with Gasteiger partial charge in [0.25, 0.3) is 0 Å². The minimum Gasteiger partial charge on any atom is -0.409 e. The van der Waals surface area contributed by atoms with E-state index in [0.717, 1.165) is 43.0 Å². The lowest BCUT2D eigenvalue weighted by molar-refractivity contribution is 0.209. The molecule has 1 heterocycles. The van der Waals surface area contributed by atoms with E-state index in [2.05, 4.69) is 40.9 Å². The molecule has 0 amide bonds. The lowest BCUT2D eigenvalue weighted by atomic mass is 10.1. The van der Waals surface area contributed by atoms with E-state index in [4.69, 9.17) is 10.9 Å². The summed E-state index contributed by atoms with van der Waals surface area (Å²) in [6, 6.07) is 6.68. The number of aryl methyl sites for hydroxylation is 1. The highest BCUT2D eigenvalue weighted by Crippen LogP contribution is 2.23. The number of nitrogens with two attached hydrogens (primary N) is 1. The molecular weight excluding hydrogens is 252 g/mol. The molecule has 1 aliphatic rings. The lowest BCUT2D eigenvalue weighted by Gasteiger charge is -2.38. The largest absolute Gasteiger partial charge is 0.409 e. The van der Waals surface area contributed by atoms with Crippen molar-refractivity contribution >= 4 is 11.5 Å². The molecule has 0 atom stereocenters. The molecule has 20 heavy (non-hydrogen) atoms. The third kappa shape index (κ3) is 3.04. The first kappa shape index (κ1) is 14.7. The van der Waals surface area contributed by atoms with Crippen molar-refractivity contribution in [2.45, 2.75) is 26.8 Å². The van der Waals surface area contributed by atoms with E-state index in [1.165, 1.54) is 0 Å². The standard InChI is InChI=1S/C15H24N4O/c1-11(2)18-6-8-19(9-7-18)14-5-4-12(3)10-13(14)15(16)17-20/h4-5,10-11,20H,6-9H2,1-3H3,(H2,16,17). The monoisotopic (exact) mass is 276 g/mol. The molecule has 2 rings (SSSR count). The number of nitrogens with zero attached hydrogens (tertiary/aromatic N) is 3. The Bertz CT molecular complexity index is 491. The lowest BCUT2D eigenvalue weighted by Crippen LogP contribution is -2.49. The molecule has 3 N–H and O–H groups in total. The van der Waals surface area contributed by atoms with Crippen LogP contribution in [0, 0.1) is 6.92 Å². The van der Waals surface area contributed by atoms with Crippen LogP contribution in [0.5, 0.6) is 0 Å². The van der Waals surface area contributed by atoms with E-state index in [1.54, 1.807) is 0 Å². The maximum atomic E-state index is 8.95. The first-order chi connectivity index (χ1) is 9.52. The Hall–Kier alpha value is -1.75. The van der Waals surface area contributed by atoms with E-state index in [1.807, 2.05) is 13.0 Å². The highest BCUT2D eigenvalue weighted by molar-refractivity contribution is 6.02. The number of anilines is 1. The highest BCUT2D eigenvalue weighted by Gasteiger charge is 2.21. The van der Waals surface area contributed by atoms with Crippen molar-refractivity contribution in [3.8, 4) is 0 Å². The molecule has 1 aliphatic heterocycles. The van der Waals surface area contributed by atoms with Gasteiger partial charge in [0.15, 0.2) is 5.84 Å². The van der Waals surface area contributed by atoms with Crippen LogP contribution < -0.4 is 10.6 Å². The topological polar surface area (TPSA) is 65.1 Å². The normalized spacial score (nSPS) is 17.8. The van der Waals surface area contributed by atoms with Crippen LogP contribution in [0.15, 0.2) is 23.4 Å². The Kier molecular flexibility index (Phi) is 4.49. The molecular formula is C15H24N4O. The van der Waals surface area contributed by atoms with Gasteiger partial charge in [0.05, 0.1) is 0 Å². The summed E-state index contributed by atoms with van der Waals surface area (Å²) in [4.78, 5) is 4.78. The third-order valence-corrected chi connectivity index (χ3v) is 3.92. The summed E-state index contributed by atoms with van der Waals surface area (Å²) in [6.45, 7) is 10.5.